The van der Waals surface area contributed by atoms with E-state index in [1.807, 2.05) is 5.32 Å². The van der Waals surface area contributed by atoms with Crippen LogP contribution in [0, 0.1) is 5.82 Å². The van der Waals surface area contributed by atoms with Crippen LogP contribution >= 0.6 is 0 Å². The summed E-state index contributed by atoms with van der Waals surface area (Å²) < 4.78 is 22.0. The number of carbonyl (C=O) groups is 3. The minimum Gasteiger partial charge on any atom is -0.455 e. The topological polar surface area (TPSA) is 81.7 Å². The third kappa shape index (κ3) is 5.94. The van der Waals surface area contributed by atoms with Crippen LogP contribution in [-0.4, -0.2) is 31.2 Å². The Morgan fingerprint density at radius 3 is 2.65 bits per heavy atom. The number of amides is 2. The maximum Gasteiger partial charge on any atom is 0.413 e. The minimum absolute atomic E-state index is 0.123. The second-order valence-electron chi connectivity index (χ2n) is 3.74. The SMILES string of the molecule is CCOC(=O)NC(=O)COC(=O)Cc1cccc(F)c1. The van der Waals surface area contributed by atoms with Crippen LogP contribution in [0.25, 0.3) is 0 Å². The van der Waals surface area contributed by atoms with Gasteiger partial charge in [0.15, 0.2) is 6.61 Å². The molecule has 0 heterocycles. The molecule has 0 bridgehead atoms. The van der Waals surface area contributed by atoms with Gasteiger partial charge in [0.05, 0.1) is 13.0 Å². The summed E-state index contributed by atoms with van der Waals surface area (Å²) in [5, 5.41) is 1.87. The molecule has 0 unspecified atom stereocenters. The largest absolute Gasteiger partial charge is 0.455 e. The quantitative estimate of drug-likeness (QED) is 0.821. The highest BCUT2D eigenvalue weighted by atomic mass is 19.1. The van der Waals surface area contributed by atoms with Crippen molar-refractivity contribution in [1.29, 1.82) is 0 Å². The lowest BCUT2D eigenvalue weighted by molar-refractivity contribution is -0.147. The van der Waals surface area contributed by atoms with Crippen LogP contribution < -0.4 is 5.32 Å². The van der Waals surface area contributed by atoms with E-state index in [-0.39, 0.29) is 13.0 Å². The highest BCUT2D eigenvalue weighted by Crippen LogP contribution is 2.04. The number of hydrogen-bond donors (Lipinski definition) is 1. The minimum atomic E-state index is -0.904. The molecule has 7 heteroatoms. The number of nitrogens with one attached hydrogen (secondary N) is 1. The smallest absolute Gasteiger partial charge is 0.413 e. The van der Waals surface area contributed by atoms with E-state index >= 15 is 0 Å². The van der Waals surface area contributed by atoms with Gasteiger partial charge in [-0.3, -0.25) is 14.9 Å². The van der Waals surface area contributed by atoms with Gasteiger partial charge in [-0.1, -0.05) is 12.1 Å². The summed E-state index contributed by atoms with van der Waals surface area (Å²) in [6.45, 7) is 1.11. The molecule has 1 N–H and O–H groups in total. The number of imide groups is 1. The number of hydrogen-bond acceptors (Lipinski definition) is 5. The fourth-order valence-corrected chi connectivity index (χ4v) is 1.33. The van der Waals surface area contributed by atoms with Gasteiger partial charge >= 0.3 is 12.1 Å². The Hall–Kier alpha value is -2.44. The summed E-state index contributed by atoms with van der Waals surface area (Å²) in [6, 6.07) is 5.47. The average Bonchev–Trinajstić information content (AvgIpc) is 2.36. The number of benzene rings is 1. The average molecular weight is 283 g/mol. The molecule has 6 nitrogen and oxygen atoms in total. The molecule has 20 heavy (non-hydrogen) atoms. The molecule has 0 fully saturated rings. The molecule has 108 valence electrons. The van der Waals surface area contributed by atoms with Crippen LogP contribution in [0.15, 0.2) is 24.3 Å². The van der Waals surface area contributed by atoms with Gasteiger partial charge in [-0.25, -0.2) is 9.18 Å². The van der Waals surface area contributed by atoms with E-state index in [9.17, 15) is 18.8 Å². The van der Waals surface area contributed by atoms with Gasteiger partial charge in [-0.15, -0.1) is 0 Å². The molecule has 0 aliphatic heterocycles. The molecule has 0 radical (unpaired) electrons. The summed E-state index contributed by atoms with van der Waals surface area (Å²) in [5.41, 5.74) is 0.431. The van der Waals surface area contributed by atoms with Crippen molar-refractivity contribution in [3.05, 3.63) is 35.6 Å². The second-order valence-corrected chi connectivity index (χ2v) is 3.74. The van der Waals surface area contributed by atoms with Gasteiger partial charge in [0.2, 0.25) is 0 Å². The lowest BCUT2D eigenvalue weighted by Gasteiger charge is -2.06. The monoisotopic (exact) mass is 283 g/mol. The molecule has 0 aromatic heterocycles. The number of carbonyl (C=O) groups excluding carboxylic acids is 3. The number of alkyl carbamates (subject to hydrolysis) is 1. The Bertz CT molecular complexity index is 503. The molecule has 2 amide bonds. The number of esters is 1. The van der Waals surface area contributed by atoms with E-state index in [1.54, 1.807) is 13.0 Å². The zero-order chi connectivity index (χ0) is 15.0. The van der Waals surface area contributed by atoms with Crippen molar-refractivity contribution in [3.63, 3.8) is 0 Å². The van der Waals surface area contributed by atoms with Crippen molar-refractivity contribution in [1.82, 2.24) is 5.32 Å². The first-order valence-electron chi connectivity index (χ1n) is 5.88. The molecule has 0 atom stereocenters. The maximum atomic E-state index is 12.9. The first-order chi connectivity index (χ1) is 9.51. The predicted octanol–water partition coefficient (Wildman–Crippen LogP) is 1.18. The molecule has 0 saturated carbocycles. The summed E-state index contributed by atoms with van der Waals surface area (Å²) in [4.78, 5) is 33.5. The fourth-order valence-electron chi connectivity index (χ4n) is 1.33. The molecule has 1 aromatic rings. The first-order valence-corrected chi connectivity index (χ1v) is 5.88. The maximum absolute atomic E-state index is 12.9. The molecule has 1 rings (SSSR count). The van der Waals surface area contributed by atoms with Gasteiger partial charge in [-0.2, -0.15) is 0 Å². The third-order valence-electron chi connectivity index (χ3n) is 2.12. The van der Waals surface area contributed by atoms with Crippen LogP contribution in [-0.2, 0) is 25.5 Å². The van der Waals surface area contributed by atoms with Gasteiger partial charge < -0.3 is 9.47 Å². The molecule has 0 aliphatic rings. The van der Waals surface area contributed by atoms with Crippen LogP contribution in [0.2, 0.25) is 0 Å². The number of rotatable bonds is 5. The first kappa shape index (κ1) is 15.6. The van der Waals surface area contributed by atoms with Crippen LogP contribution in [0.5, 0.6) is 0 Å². The summed E-state index contributed by atoms with van der Waals surface area (Å²) in [5.74, 6) is -1.96. The van der Waals surface area contributed by atoms with Crippen molar-refractivity contribution >= 4 is 18.0 Å². The highest BCUT2D eigenvalue weighted by molar-refractivity contribution is 5.93. The highest BCUT2D eigenvalue weighted by Gasteiger charge is 2.12. The van der Waals surface area contributed by atoms with Gasteiger partial charge in [0.1, 0.15) is 5.82 Å². The summed E-state index contributed by atoms with van der Waals surface area (Å²) >= 11 is 0. The lowest BCUT2D eigenvalue weighted by Crippen LogP contribution is -2.34. The molecule has 0 aliphatic carbocycles. The number of halogens is 1. The second kappa shape index (κ2) is 7.88. The van der Waals surface area contributed by atoms with Crippen LogP contribution in [0.4, 0.5) is 9.18 Å². The van der Waals surface area contributed by atoms with E-state index in [1.165, 1.54) is 18.2 Å². The van der Waals surface area contributed by atoms with Crippen molar-refractivity contribution in [2.45, 2.75) is 13.3 Å². The van der Waals surface area contributed by atoms with E-state index in [0.717, 1.165) is 0 Å². The number of ether oxygens (including phenoxy) is 2. The Labute approximate surface area is 114 Å². The molecule has 1 aromatic carbocycles. The Morgan fingerprint density at radius 2 is 2.00 bits per heavy atom. The van der Waals surface area contributed by atoms with Crippen LogP contribution in [0.3, 0.4) is 0 Å². The lowest BCUT2D eigenvalue weighted by atomic mass is 10.1. The van der Waals surface area contributed by atoms with E-state index < -0.39 is 30.4 Å². The van der Waals surface area contributed by atoms with Crippen molar-refractivity contribution < 1.29 is 28.2 Å². The van der Waals surface area contributed by atoms with Crippen molar-refractivity contribution in [2.75, 3.05) is 13.2 Å². The van der Waals surface area contributed by atoms with E-state index in [0.29, 0.717) is 5.56 Å². The van der Waals surface area contributed by atoms with E-state index in [4.69, 9.17) is 0 Å². The third-order valence-corrected chi connectivity index (χ3v) is 2.12. The standard InChI is InChI=1S/C13H14FNO5/c1-2-19-13(18)15-11(16)8-20-12(17)7-9-4-3-5-10(14)6-9/h3-6H,2,7-8H2,1H3,(H,15,16,18). The summed E-state index contributed by atoms with van der Waals surface area (Å²) in [6.07, 6.45) is -1.07. The Morgan fingerprint density at radius 1 is 1.25 bits per heavy atom. The summed E-state index contributed by atoms with van der Waals surface area (Å²) in [7, 11) is 0. The molecule has 0 saturated heterocycles. The zero-order valence-electron chi connectivity index (χ0n) is 10.8. The van der Waals surface area contributed by atoms with Crippen LogP contribution in [0.1, 0.15) is 12.5 Å². The van der Waals surface area contributed by atoms with Gasteiger partial charge in [0, 0.05) is 0 Å². The van der Waals surface area contributed by atoms with Gasteiger partial charge in [0.25, 0.3) is 5.91 Å². The zero-order valence-corrected chi connectivity index (χ0v) is 10.8. The fraction of sp³-hybridized carbons (Fsp3) is 0.308. The van der Waals surface area contributed by atoms with Crippen molar-refractivity contribution in [3.8, 4) is 0 Å². The Kier molecular flexibility index (Phi) is 6.15. The molecular formula is C13H14FNO5. The Balaban J connectivity index is 2.33. The van der Waals surface area contributed by atoms with Gasteiger partial charge in [-0.05, 0) is 24.6 Å². The normalized spacial score (nSPS) is 9.70. The molecular weight excluding hydrogens is 269 g/mol. The van der Waals surface area contributed by atoms with E-state index in [2.05, 4.69) is 9.47 Å². The molecule has 0 spiro atoms. The predicted molar refractivity (Wildman–Crippen MR) is 66.2 cm³/mol. The van der Waals surface area contributed by atoms with Crippen molar-refractivity contribution in [2.24, 2.45) is 0 Å².